The number of carbonyl (C=O) groups excluding carboxylic acids is 3. The molecule has 1 heterocycles. The number of benzene rings is 2. The lowest BCUT2D eigenvalue weighted by atomic mass is 10.1. The maximum absolute atomic E-state index is 12.5. The highest BCUT2D eigenvalue weighted by Crippen LogP contribution is 2.32. The molecule has 3 amide bonds. The lowest BCUT2D eigenvalue weighted by Gasteiger charge is -2.13. The Morgan fingerprint density at radius 2 is 1.81 bits per heavy atom. The zero-order valence-corrected chi connectivity index (χ0v) is 19.3. The van der Waals surface area contributed by atoms with Crippen LogP contribution in [0.2, 0.25) is 5.02 Å². The predicted molar refractivity (Wildman–Crippen MR) is 125 cm³/mol. The third kappa shape index (κ3) is 6.05. The molecule has 0 saturated carbocycles. The fraction of sp³-hybridized carbons (Fsp3) is 0.261. The number of hydrogen-bond acceptors (Lipinski definition) is 6. The van der Waals surface area contributed by atoms with E-state index < -0.39 is 0 Å². The highest BCUT2D eigenvalue weighted by Gasteiger charge is 2.34. The summed E-state index contributed by atoms with van der Waals surface area (Å²) in [5.41, 5.74) is 1.72. The maximum Gasteiger partial charge on any atom is 0.293 e. The lowest BCUT2D eigenvalue weighted by Crippen LogP contribution is -2.37. The number of rotatable bonds is 9. The van der Waals surface area contributed by atoms with Crippen LogP contribution in [-0.4, -0.2) is 49.3 Å². The van der Waals surface area contributed by atoms with Crippen molar-refractivity contribution in [1.82, 2.24) is 10.2 Å². The fourth-order valence-corrected chi connectivity index (χ4v) is 4.08. The third-order valence-corrected chi connectivity index (χ3v) is 5.95. The molecule has 0 aliphatic carbocycles. The van der Waals surface area contributed by atoms with E-state index in [4.69, 9.17) is 21.1 Å². The Kier molecular flexibility index (Phi) is 8.19. The minimum absolute atomic E-state index is 0.116. The number of nitrogens with zero attached hydrogens (tertiary/aromatic N) is 1. The minimum atomic E-state index is -0.366. The van der Waals surface area contributed by atoms with E-state index in [9.17, 15) is 14.4 Å². The lowest BCUT2D eigenvalue weighted by molar-refractivity contribution is -0.124. The quantitative estimate of drug-likeness (QED) is 0.550. The average molecular weight is 475 g/mol. The van der Waals surface area contributed by atoms with E-state index in [1.165, 1.54) is 0 Å². The van der Waals surface area contributed by atoms with Crippen molar-refractivity contribution in [2.75, 3.05) is 27.3 Å². The number of aryl methyl sites for hydroxylation is 1. The van der Waals surface area contributed by atoms with E-state index in [1.54, 1.807) is 50.6 Å². The second-order valence-corrected chi connectivity index (χ2v) is 8.35. The number of halogens is 1. The fourth-order valence-electron chi connectivity index (χ4n) is 3.09. The standard InChI is InChI=1S/C23H23ClN2O5S/c1-30-18-9-5-15(13-19(18)31-2)6-10-21(27)25-11-12-26-22(28)20(32-23(26)29)14-16-3-7-17(24)8-4-16/h3-5,7-9,13-14H,6,10-12H2,1-2H3,(H,25,27)/b20-14-. The van der Waals surface area contributed by atoms with E-state index >= 15 is 0 Å². The summed E-state index contributed by atoms with van der Waals surface area (Å²) in [6.45, 7) is 0.307. The van der Waals surface area contributed by atoms with Gasteiger partial charge in [-0.05, 0) is 59.7 Å². The van der Waals surface area contributed by atoms with Crippen LogP contribution in [0, 0.1) is 0 Å². The molecule has 1 fully saturated rings. The largest absolute Gasteiger partial charge is 0.493 e. The van der Waals surface area contributed by atoms with Gasteiger partial charge in [-0.15, -0.1) is 0 Å². The van der Waals surface area contributed by atoms with Crippen LogP contribution in [0.5, 0.6) is 11.5 Å². The number of thioether (sulfide) groups is 1. The highest BCUT2D eigenvalue weighted by atomic mass is 35.5. The summed E-state index contributed by atoms with van der Waals surface area (Å²) in [4.78, 5) is 38.4. The Morgan fingerprint density at radius 3 is 2.50 bits per heavy atom. The number of imide groups is 1. The molecule has 0 bridgehead atoms. The van der Waals surface area contributed by atoms with Gasteiger partial charge in [0.2, 0.25) is 5.91 Å². The molecule has 1 aliphatic heterocycles. The molecule has 0 atom stereocenters. The third-order valence-electron chi connectivity index (χ3n) is 4.79. The van der Waals surface area contributed by atoms with Gasteiger partial charge in [0.05, 0.1) is 19.1 Å². The first-order valence-corrected chi connectivity index (χ1v) is 11.1. The molecule has 0 spiro atoms. The predicted octanol–water partition coefficient (Wildman–Crippen LogP) is 4.14. The van der Waals surface area contributed by atoms with Gasteiger partial charge in [-0.2, -0.15) is 0 Å². The number of hydrogen-bond donors (Lipinski definition) is 1. The first kappa shape index (κ1) is 23.7. The zero-order chi connectivity index (χ0) is 23.1. The maximum atomic E-state index is 12.5. The Hall–Kier alpha value is -2.97. The van der Waals surface area contributed by atoms with Gasteiger partial charge in [0, 0.05) is 24.5 Å². The summed E-state index contributed by atoms with van der Waals surface area (Å²) in [5, 5.41) is 3.00. The van der Waals surface area contributed by atoms with Gasteiger partial charge in [-0.1, -0.05) is 29.8 Å². The summed E-state index contributed by atoms with van der Waals surface area (Å²) in [6, 6.07) is 12.5. The van der Waals surface area contributed by atoms with Crippen LogP contribution in [0.15, 0.2) is 47.4 Å². The van der Waals surface area contributed by atoms with Crippen molar-refractivity contribution in [2.24, 2.45) is 0 Å². The van der Waals surface area contributed by atoms with Crippen LogP contribution in [0.25, 0.3) is 6.08 Å². The molecular formula is C23H23ClN2O5S. The molecule has 3 rings (SSSR count). The Labute approximate surface area is 195 Å². The Bertz CT molecular complexity index is 1040. The molecule has 32 heavy (non-hydrogen) atoms. The second-order valence-electron chi connectivity index (χ2n) is 6.92. The van der Waals surface area contributed by atoms with Gasteiger partial charge in [-0.3, -0.25) is 19.3 Å². The van der Waals surface area contributed by atoms with Crippen LogP contribution in [0.3, 0.4) is 0 Å². The second kappa shape index (κ2) is 11.1. The van der Waals surface area contributed by atoms with Gasteiger partial charge < -0.3 is 14.8 Å². The van der Waals surface area contributed by atoms with Crippen molar-refractivity contribution >= 4 is 46.5 Å². The first-order valence-electron chi connectivity index (χ1n) is 9.90. The van der Waals surface area contributed by atoms with E-state index in [2.05, 4.69) is 5.32 Å². The molecule has 2 aromatic rings. The number of methoxy groups -OCH3 is 2. The molecule has 1 saturated heterocycles. The van der Waals surface area contributed by atoms with Gasteiger partial charge in [0.25, 0.3) is 11.1 Å². The van der Waals surface area contributed by atoms with Gasteiger partial charge in [-0.25, -0.2) is 0 Å². The van der Waals surface area contributed by atoms with Crippen LogP contribution >= 0.6 is 23.4 Å². The van der Waals surface area contributed by atoms with Crippen LogP contribution in [0.4, 0.5) is 4.79 Å². The number of carbonyl (C=O) groups is 3. The number of nitrogens with one attached hydrogen (secondary N) is 1. The number of ether oxygens (including phenoxy) is 2. The molecule has 168 valence electrons. The molecule has 1 N–H and O–H groups in total. The van der Waals surface area contributed by atoms with Crippen molar-refractivity contribution < 1.29 is 23.9 Å². The summed E-state index contributed by atoms with van der Waals surface area (Å²) < 4.78 is 10.5. The summed E-state index contributed by atoms with van der Waals surface area (Å²) in [7, 11) is 3.12. The molecule has 1 aliphatic rings. The van der Waals surface area contributed by atoms with Crippen molar-refractivity contribution in [1.29, 1.82) is 0 Å². The van der Waals surface area contributed by atoms with Gasteiger partial charge >= 0.3 is 0 Å². The van der Waals surface area contributed by atoms with Gasteiger partial charge in [0.15, 0.2) is 11.5 Å². The van der Waals surface area contributed by atoms with E-state index in [-0.39, 0.29) is 36.6 Å². The Balaban J connectivity index is 1.47. The molecule has 0 radical (unpaired) electrons. The minimum Gasteiger partial charge on any atom is -0.493 e. The summed E-state index contributed by atoms with van der Waals surface area (Å²) in [6.07, 6.45) is 2.45. The molecule has 0 unspecified atom stereocenters. The zero-order valence-electron chi connectivity index (χ0n) is 17.7. The Morgan fingerprint density at radius 1 is 1.09 bits per heavy atom. The SMILES string of the molecule is COc1ccc(CCC(=O)NCCN2C(=O)S/C(=C\c3ccc(Cl)cc3)C2=O)cc1OC. The van der Waals surface area contributed by atoms with E-state index in [0.717, 1.165) is 27.8 Å². The average Bonchev–Trinajstić information content (AvgIpc) is 3.06. The molecule has 7 nitrogen and oxygen atoms in total. The van der Waals surface area contributed by atoms with Crippen LogP contribution in [-0.2, 0) is 16.0 Å². The van der Waals surface area contributed by atoms with Crippen molar-refractivity contribution in [3.63, 3.8) is 0 Å². The number of amides is 3. The smallest absolute Gasteiger partial charge is 0.293 e. The monoisotopic (exact) mass is 474 g/mol. The molecular weight excluding hydrogens is 452 g/mol. The van der Waals surface area contributed by atoms with Crippen molar-refractivity contribution in [2.45, 2.75) is 12.8 Å². The van der Waals surface area contributed by atoms with Crippen molar-refractivity contribution in [3.05, 3.63) is 63.5 Å². The van der Waals surface area contributed by atoms with Crippen molar-refractivity contribution in [3.8, 4) is 11.5 Å². The first-order chi connectivity index (χ1) is 15.4. The molecule has 2 aromatic carbocycles. The highest BCUT2D eigenvalue weighted by molar-refractivity contribution is 8.18. The van der Waals surface area contributed by atoms with Gasteiger partial charge in [0.1, 0.15) is 0 Å². The van der Waals surface area contributed by atoms with E-state index in [0.29, 0.717) is 27.8 Å². The normalized spacial score (nSPS) is 14.7. The molecule has 9 heteroatoms. The van der Waals surface area contributed by atoms with E-state index in [1.807, 2.05) is 12.1 Å². The molecule has 0 aromatic heterocycles. The summed E-state index contributed by atoms with van der Waals surface area (Å²) >= 11 is 6.75. The van der Waals surface area contributed by atoms with Crippen LogP contribution < -0.4 is 14.8 Å². The topological polar surface area (TPSA) is 84.9 Å². The summed E-state index contributed by atoms with van der Waals surface area (Å²) in [5.74, 6) is 0.706. The van der Waals surface area contributed by atoms with Crippen LogP contribution in [0.1, 0.15) is 17.5 Å².